The molecule has 0 bridgehead atoms. The molecular formula is C15H22BrN3O4S. The molecule has 1 heterocycles. The van der Waals surface area contributed by atoms with Crippen LogP contribution < -0.4 is 5.32 Å². The third-order valence-electron chi connectivity index (χ3n) is 3.78. The number of ether oxygens (including phenoxy) is 1. The van der Waals surface area contributed by atoms with Crippen molar-refractivity contribution in [2.75, 3.05) is 53.0 Å². The molecule has 0 unspecified atom stereocenters. The maximum absolute atomic E-state index is 12.8. The van der Waals surface area contributed by atoms with Crippen LogP contribution in [0.5, 0.6) is 0 Å². The van der Waals surface area contributed by atoms with Crippen LogP contribution in [0.25, 0.3) is 0 Å². The van der Waals surface area contributed by atoms with Crippen LogP contribution in [0.2, 0.25) is 0 Å². The average molecular weight is 420 g/mol. The van der Waals surface area contributed by atoms with Crippen molar-refractivity contribution < 1.29 is 17.9 Å². The van der Waals surface area contributed by atoms with Gasteiger partial charge in [-0.1, -0.05) is 15.9 Å². The van der Waals surface area contributed by atoms with E-state index in [9.17, 15) is 13.2 Å². The minimum atomic E-state index is -3.75. The minimum absolute atomic E-state index is 0.132. The number of carbonyl (C=O) groups excluding carboxylic acids is 1. The molecule has 1 aromatic rings. The molecule has 0 spiro atoms. The lowest BCUT2D eigenvalue weighted by molar-refractivity contribution is -0.132. The molecule has 1 saturated heterocycles. The van der Waals surface area contributed by atoms with Gasteiger partial charge in [-0.3, -0.25) is 4.79 Å². The van der Waals surface area contributed by atoms with E-state index in [1.165, 1.54) is 23.5 Å². The highest BCUT2D eigenvalue weighted by Gasteiger charge is 2.28. The molecule has 7 nitrogen and oxygen atoms in total. The number of benzene rings is 1. The first-order valence-corrected chi connectivity index (χ1v) is 9.91. The third kappa shape index (κ3) is 5.00. The smallest absolute Gasteiger partial charge is 0.243 e. The molecule has 1 fully saturated rings. The summed E-state index contributed by atoms with van der Waals surface area (Å²) < 4.78 is 32.7. The Bertz CT molecular complexity index is 645. The molecule has 0 aromatic heterocycles. The van der Waals surface area contributed by atoms with Gasteiger partial charge in [0.15, 0.2) is 0 Å². The van der Waals surface area contributed by atoms with Gasteiger partial charge in [-0.05, 0) is 24.3 Å². The van der Waals surface area contributed by atoms with E-state index in [4.69, 9.17) is 4.74 Å². The first-order chi connectivity index (χ1) is 11.4. The number of hydrogen-bond acceptors (Lipinski definition) is 5. The summed E-state index contributed by atoms with van der Waals surface area (Å²) in [6, 6.07) is 6.38. The van der Waals surface area contributed by atoms with Gasteiger partial charge in [0.1, 0.15) is 0 Å². The lowest BCUT2D eigenvalue weighted by Crippen LogP contribution is -2.50. The van der Waals surface area contributed by atoms with Crippen molar-refractivity contribution in [2.45, 2.75) is 4.90 Å². The van der Waals surface area contributed by atoms with Gasteiger partial charge in [-0.15, -0.1) is 0 Å². The molecule has 2 rings (SSSR count). The number of carbonyl (C=O) groups is 1. The number of amides is 1. The lowest BCUT2D eigenvalue weighted by atomic mass is 10.3. The van der Waals surface area contributed by atoms with E-state index in [1.54, 1.807) is 17.0 Å². The topological polar surface area (TPSA) is 79.0 Å². The number of piperazine rings is 1. The molecule has 1 N–H and O–H groups in total. The molecular weight excluding hydrogens is 398 g/mol. The number of hydrogen-bond donors (Lipinski definition) is 1. The quantitative estimate of drug-likeness (QED) is 0.696. The van der Waals surface area contributed by atoms with E-state index < -0.39 is 10.0 Å². The highest BCUT2D eigenvalue weighted by Crippen LogP contribution is 2.19. The van der Waals surface area contributed by atoms with Gasteiger partial charge in [0.25, 0.3) is 0 Å². The predicted molar refractivity (Wildman–Crippen MR) is 94.2 cm³/mol. The highest BCUT2D eigenvalue weighted by molar-refractivity contribution is 9.10. The van der Waals surface area contributed by atoms with Gasteiger partial charge < -0.3 is 15.0 Å². The van der Waals surface area contributed by atoms with E-state index in [0.29, 0.717) is 13.1 Å². The van der Waals surface area contributed by atoms with E-state index in [-0.39, 0.29) is 30.5 Å². The summed E-state index contributed by atoms with van der Waals surface area (Å²) in [4.78, 5) is 14.3. The Morgan fingerprint density at radius 3 is 2.50 bits per heavy atom. The summed E-state index contributed by atoms with van der Waals surface area (Å²) in [5, 5.41) is 3.17. The monoisotopic (exact) mass is 419 g/mol. The number of sulfonamides is 1. The minimum Gasteiger partial charge on any atom is -0.383 e. The lowest BCUT2D eigenvalue weighted by Gasteiger charge is -2.30. The number of nitrogens with one attached hydrogen (secondary N) is 1. The Balaban J connectivity index is 2.16. The van der Waals surface area contributed by atoms with Gasteiger partial charge in [0.05, 0.1) is 18.0 Å². The number of rotatable bonds is 7. The Labute approximate surface area is 151 Å². The van der Waals surface area contributed by atoms with Crippen molar-refractivity contribution in [2.24, 2.45) is 0 Å². The van der Waals surface area contributed by atoms with Crippen LogP contribution in [0.4, 0.5) is 0 Å². The van der Waals surface area contributed by atoms with Crippen molar-refractivity contribution in [1.82, 2.24) is 14.5 Å². The second-order valence-corrected chi connectivity index (χ2v) is 8.27. The molecule has 0 radical (unpaired) electrons. The number of methoxy groups -OCH3 is 1. The van der Waals surface area contributed by atoms with E-state index in [1.807, 2.05) is 0 Å². The van der Waals surface area contributed by atoms with Gasteiger partial charge in [0.2, 0.25) is 15.9 Å². The van der Waals surface area contributed by atoms with Crippen LogP contribution in [0, 0.1) is 0 Å². The maximum atomic E-state index is 12.8. The van der Waals surface area contributed by atoms with Crippen molar-refractivity contribution in [1.29, 1.82) is 0 Å². The van der Waals surface area contributed by atoms with Crippen LogP contribution in [0.15, 0.2) is 33.6 Å². The van der Waals surface area contributed by atoms with Gasteiger partial charge in [-0.25, -0.2) is 8.42 Å². The summed E-state index contributed by atoms with van der Waals surface area (Å²) in [5.74, 6) is -0.187. The maximum Gasteiger partial charge on any atom is 0.243 e. The summed E-state index contributed by atoms with van der Waals surface area (Å²) in [5.41, 5.74) is 0. The first kappa shape index (κ1) is 19.3. The molecule has 9 heteroatoms. The van der Waals surface area contributed by atoms with Crippen LogP contribution in [0.3, 0.4) is 0 Å². The fourth-order valence-corrected chi connectivity index (χ4v) is 4.04. The summed E-state index contributed by atoms with van der Waals surface area (Å²) in [6.07, 6.45) is 0. The van der Waals surface area contributed by atoms with Crippen LogP contribution in [-0.4, -0.2) is 76.5 Å². The number of halogens is 1. The standard InChI is InChI=1S/C15H22BrN3O4S/c1-23-11-10-19(12-15(20)18-8-6-17-7-9-18)24(21,22)14-4-2-13(16)3-5-14/h2-5,17H,6-12H2,1H3. The zero-order chi connectivity index (χ0) is 17.6. The Morgan fingerprint density at radius 2 is 1.92 bits per heavy atom. The fraction of sp³-hybridized carbons (Fsp3) is 0.533. The molecule has 0 saturated carbocycles. The fourth-order valence-electron chi connectivity index (χ4n) is 2.40. The Kier molecular flexibility index (Phi) is 7.17. The normalized spacial score (nSPS) is 15.7. The van der Waals surface area contributed by atoms with E-state index in [0.717, 1.165) is 17.6 Å². The Morgan fingerprint density at radius 1 is 1.29 bits per heavy atom. The summed E-state index contributed by atoms with van der Waals surface area (Å²) >= 11 is 3.29. The molecule has 1 aliphatic rings. The zero-order valence-electron chi connectivity index (χ0n) is 13.6. The molecule has 0 atom stereocenters. The molecule has 24 heavy (non-hydrogen) atoms. The third-order valence-corrected chi connectivity index (χ3v) is 6.17. The van der Waals surface area contributed by atoms with E-state index in [2.05, 4.69) is 21.2 Å². The molecule has 134 valence electrons. The predicted octanol–water partition coefficient (Wildman–Crippen LogP) is 0.518. The SMILES string of the molecule is COCCN(CC(=O)N1CCNCC1)S(=O)(=O)c1ccc(Br)cc1. The molecule has 1 aliphatic heterocycles. The van der Waals surface area contributed by atoms with Crippen LogP contribution >= 0.6 is 15.9 Å². The van der Waals surface area contributed by atoms with Crippen molar-refractivity contribution in [3.63, 3.8) is 0 Å². The van der Waals surface area contributed by atoms with Gasteiger partial charge in [0, 0.05) is 44.3 Å². The van der Waals surface area contributed by atoms with E-state index >= 15 is 0 Å². The van der Waals surface area contributed by atoms with Gasteiger partial charge in [-0.2, -0.15) is 4.31 Å². The average Bonchev–Trinajstić information content (AvgIpc) is 2.59. The molecule has 1 aromatic carbocycles. The second-order valence-electron chi connectivity index (χ2n) is 5.42. The van der Waals surface area contributed by atoms with Crippen molar-refractivity contribution in [3.05, 3.63) is 28.7 Å². The largest absolute Gasteiger partial charge is 0.383 e. The van der Waals surface area contributed by atoms with Crippen LogP contribution in [-0.2, 0) is 19.6 Å². The second kappa shape index (κ2) is 8.91. The number of nitrogens with zero attached hydrogens (tertiary/aromatic N) is 2. The zero-order valence-corrected chi connectivity index (χ0v) is 16.0. The molecule has 1 amide bonds. The highest BCUT2D eigenvalue weighted by atomic mass is 79.9. The van der Waals surface area contributed by atoms with Crippen molar-refractivity contribution >= 4 is 31.9 Å². The van der Waals surface area contributed by atoms with Crippen LogP contribution in [0.1, 0.15) is 0 Å². The molecule has 0 aliphatic carbocycles. The van der Waals surface area contributed by atoms with Gasteiger partial charge >= 0.3 is 0 Å². The van der Waals surface area contributed by atoms with Crippen molar-refractivity contribution in [3.8, 4) is 0 Å². The Hall–Kier alpha value is -1.00. The summed E-state index contributed by atoms with van der Waals surface area (Å²) in [7, 11) is -2.25. The first-order valence-electron chi connectivity index (χ1n) is 7.68. The summed E-state index contributed by atoms with van der Waals surface area (Å²) in [6.45, 7) is 2.82.